The summed E-state index contributed by atoms with van der Waals surface area (Å²) in [5.74, 6) is 0.457. The predicted molar refractivity (Wildman–Crippen MR) is 164 cm³/mol. The van der Waals surface area contributed by atoms with Gasteiger partial charge in [-0.05, 0) is 72.8 Å². The fourth-order valence-corrected chi connectivity index (χ4v) is 9.49. The lowest BCUT2D eigenvalue weighted by Crippen LogP contribution is -2.36. The maximum absolute atomic E-state index is 14.6. The molecule has 0 aromatic heterocycles. The molecular formula is C34H60O3S. The van der Waals surface area contributed by atoms with Crippen LogP contribution in [-0.4, -0.2) is 18.3 Å². The minimum absolute atomic E-state index is 0.0145. The van der Waals surface area contributed by atoms with Gasteiger partial charge in [0, 0.05) is 5.56 Å². The first-order chi connectivity index (χ1) is 17.4. The normalized spacial score (nSPS) is 26.1. The summed E-state index contributed by atoms with van der Waals surface area (Å²) in [6.45, 7) is 22.0. The largest absolute Gasteiger partial charge is 0.506 e. The average molecular weight is 549 g/mol. The number of benzene rings is 1. The van der Waals surface area contributed by atoms with Gasteiger partial charge >= 0.3 is 0 Å². The fourth-order valence-electron chi connectivity index (χ4n) is 7.43. The van der Waals surface area contributed by atoms with E-state index in [2.05, 4.69) is 68.4 Å². The van der Waals surface area contributed by atoms with Gasteiger partial charge in [-0.1, -0.05) is 120 Å². The van der Waals surface area contributed by atoms with Crippen molar-refractivity contribution >= 4 is 9.84 Å². The van der Waals surface area contributed by atoms with Gasteiger partial charge in [-0.25, -0.2) is 8.42 Å². The highest BCUT2D eigenvalue weighted by atomic mass is 32.2. The van der Waals surface area contributed by atoms with Gasteiger partial charge in [-0.3, -0.25) is 0 Å². The second-order valence-electron chi connectivity index (χ2n) is 15.3. The molecule has 2 rings (SSSR count). The van der Waals surface area contributed by atoms with Gasteiger partial charge in [0.05, 0.1) is 4.75 Å². The maximum atomic E-state index is 14.6. The predicted octanol–water partition coefficient (Wildman–Crippen LogP) is 10.3. The summed E-state index contributed by atoms with van der Waals surface area (Å²) >= 11 is 0. The molecule has 4 heteroatoms. The van der Waals surface area contributed by atoms with E-state index in [0.29, 0.717) is 18.8 Å². The third-order valence-corrected chi connectivity index (χ3v) is 11.6. The summed E-state index contributed by atoms with van der Waals surface area (Å²) in [6.07, 6.45) is 12.8. The van der Waals surface area contributed by atoms with Crippen molar-refractivity contribution in [1.29, 1.82) is 0 Å². The third kappa shape index (κ3) is 8.01. The molecule has 2 bridgehead atoms. The second kappa shape index (κ2) is 12.6. The van der Waals surface area contributed by atoms with Crippen LogP contribution < -0.4 is 0 Å². The van der Waals surface area contributed by atoms with E-state index >= 15 is 0 Å². The van der Waals surface area contributed by atoms with E-state index in [1.165, 1.54) is 25.7 Å². The summed E-state index contributed by atoms with van der Waals surface area (Å²) in [7, 11) is -3.77. The van der Waals surface area contributed by atoms with Crippen molar-refractivity contribution < 1.29 is 13.5 Å². The van der Waals surface area contributed by atoms with E-state index in [9.17, 15) is 13.5 Å². The first kappa shape index (κ1) is 33.2. The lowest BCUT2D eigenvalue weighted by Gasteiger charge is -2.38. The van der Waals surface area contributed by atoms with Crippen LogP contribution in [0.3, 0.4) is 0 Å². The standard InChI is InChI=1S/C34H60O3S/c1-11-19-34(10)21-18-16-14-12-13-15-17-20-33(9,24-26(2)3)28-22-27(32(7,8)25-31(4,5)6)23-29(30(28)35)38(34,36)37/h22-23,26,35H,11-21,24-25H2,1-10H3/t33-,34?/m0/s1. The molecule has 1 aromatic rings. The topological polar surface area (TPSA) is 54.4 Å². The Morgan fingerprint density at radius 2 is 1.42 bits per heavy atom. The van der Waals surface area contributed by atoms with Gasteiger partial charge in [0.2, 0.25) is 0 Å². The zero-order valence-electron chi connectivity index (χ0n) is 26.6. The number of phenolic OH excluding ortho intramolecular Hbond substituents is 1. The van der Waals surface area contributed by atoms with E-state index in [1.54, 1.807) is 0 Å². The average Bonchev–Trinajstić information content (AvgIpc) is 2.75. The SMILES string of the molecule is CCCC1(C)CCCCCCCCC[C@@](C)(CC(C)C)c2cc(C(C)(C)CC(C)(C)C)cc(c2O)S1(=O)=O. The van der Waals surface area contributed by atoms with Gasteiger partial charge in [0.25, 0.3) is 0 Å². The molecule has 0 spiro atoms. The molecule has 1 aliphatic rings. The van der Waals surface area contributed by atoms with Crippen LogP contribution >= 0.6 is 0 Å². The van der Waals surface area contributed by atoms with Gasteiger partial charge in [-0.2, -0.15) is 0 Å². The zero-order valence-corrected chi connectivity index (χ0v) is 27.4. The molecule has 1 N–H and O–H groups in total. The monoisotopic (exact) mass is 548 g/mol. The first-order valence-corrected chi connectivity index (χ1v) is 17.0. The van der Waals surface area contributed by atoms with E-state index in [-0.39, 0.29) is 26.9 Å². The zero-order chi connectivity index (χ0) is 29.0. The third-order valence-electron chi connectivity index (χ3n) is 8.99. The Labute approximate surface area is 236 Å². The molecule has 0 radical (unpaired) electrons. The lowest BCUT2D eigenvalue weighted by atomic mass is 9.68. The molecule has 0 saturated heterocycles. The Kier molecular flexibility index (Phi) is 11.0. The molecule has 220 valence electrons. The van der Waals surface area contributed by atoms with Crippen molar-refractivity contribution in [3.05, 3.63) is 23.3 Å². The molecule has 1 aromatic carbocycles. The molecular weight excluding hydrogens is 488 g/mol. The Hall–Kier alpha value is -1.03. The molecule has 38 heavy (non-hydrogen) atoms. The van der Waals surface area contributed by atoms with Crippen molar-refractivity contribution in [2.75, 3.05) is 0 Å². The number of aromatic hydroxyl groups is 1. The van der Waals surface area contributed by atoms with Crippen LogP contribution in [-0.2, 0) is 20.7 Å². The number of fused-ring (bicyclic) bond motifs is 2. The molecule has 0 aliphatic carbocycles. The lowest BCUT2D eigenvalue weighted by molar-refractivity contribution is 0.281. The number of sulfone groups is 1. The maximum Gasteiger partial charge on any atom is 0.187 e. The highest BCUT2D eigenvalue weighted by Gasteiger charge is 2.43. The molecule has 0 saturated carbocycles. The van der Waals surface area contributed by atoms with E-state index in [4.69, 9.17) is 0 Å². The number of hydrogen-bond donors (Lipinski definition) is 1. The number of rotatable bonds is 6. The van der Waals surface area contributed by atoms with Crippen molar-refractivity contribution in [2.24, 2.45) is 11.3 Å². The highest BCUT2D eigenvalue weighted by molar-refractivity contribution is 7.93. The van der Waals surface area contributed by atoms with E-state index < -0.39 is 14.6 Å². The second-order valence-corrected chi connectivity index (χ2v) is 17.8. The smallest absolute Gasteiger partial charge is 0.187 e. The van der Waals surface area contributed by atoms with Gasteiger partial charge in [0.15, 0.2) is 9.84 Å². The number of hydrogen-bond acceptors (Lipinski definition) is 3. The van der Waals surface area contributed by atoms with E-state index in [0.717, 1.165) is 56.1 Å². The molecule has 3 nitrogen and oxygen atoms in total. The Morgan fingerprint density at radius 3 is 1.92 bits per heavy atom. The van der Waals surface area contributed by atoms with Crippen molar-refractivity contribution in [1.82, 2.24) is 0 Å². The van der Waals surface area contributed by atoms with Crippen LogP contribution in [0.2, 0.25) is 0 Å². The Balaban J connectivity index is 2.92. The van der Waals surface area contributed by atoms with Crippen LogP contribution in [0, 0.1) is 11.3 Å². The summed E-state index contributed by atoms with van der Waals surface area (Å²) in [4.78, 5) is 0.174. The molecule has 2 atom stereocenters. The summed E-state index contributed by atoms with van der Waals surface area (Å²) in [5, 5.41) is 11.9. The van der Waals surface area contributed by atoms with Crippen molar-refractivity contribution in [3.63, 3.8) is 0 Å². The summed E-state index contributed by atoms with van der Waals surface area (Å²) < 4.78 is 28.3. The van der Waals surface area contributed by atoms with Crippen molar-refractivity contribution in [2.45, 2.75) is 173 Å². The molecule has 1 heterocycles. The minimum Gasteiger partial charge on any atom is -0.506 e. The number of phenols is 1. The molecule has 1 unspecified atom stereocenters. The van der Waals surface area contributed by atoms with Gasteiger partial charge in [-0.15, -0.1) is 0 Å². The Morgan fingerprint density at radius 1 is 0.895 bits per heavy atom. The van der Waals surface area contributed by atoms with Crippen molar-refractivity contribution in [3.8, 4) is 5.75 Å². The summed E-state index contributed by atoms with van der Waals surface area (Å²) in [5.41, 5.74) is 1.47. The quantitative estimate of drug-likeness (QED) is 0.385. The van der Waals surface area contributed by atoms with Crippen LogP contribution in [0.4, 0.5) is 0 Å². The van der Waals surface area contributed by atoms with Crippen LogP contribution in [0.25, 0.3) is 0 Å². The van der Waals surface area contributed by atoms with E-state index in [1.807, 2.05) is 13.0 Å². The van der Waals surface area contributed by atoms with Crippen LogP contribution in [0.15, 0.2) is 17.0 Å². The minimum atomic E-state index is -3.77. The molecule has 0 amide bonds. The van der Waals surface area contributed by atoms with Gasteiger partial charge in [0.1, 0.15) is 10.6 Å². The van der Waals surface area contributed by atoms with Crippen LogP contribution in [0.1, 0.15) is 164 Å². The first-order valence-electron chi connectivity index (χ1n) is 15.5. The Bertz CT molecular complexity index is 1010. The van der Waals surface area contributed by atoms with Crippen LogP contribution in [0.5, 0.6) is 5.75 Å². The summed E-state index contributed by atoms with van der Waals surface area (Å²) in [6, 6.07) is 4.03. The molecule has 1 aliphatic heterocycles. The molecule has 0 fully saturated rings. The van der Waals surface area contributed by atoms with Gasteiger partial charge < -0.3 is 5.11 Å². The highest BCUT2D eigenvalue weighted by Crippen LogP contribution is 2.49. The fraction of sp³-hybridized carbons (Fsp3) is 0.824.